The third-order valence-electron chi connectivity index (χ3n) is 11.8. The Morgan fingerprint density at radius 3 is 1.64 bits per heavy atom. The van der Waals surface area contributed by atoms with E-state index in [1.54, 1.807) is 49.6 Å². The fourth-order valence-corrected chi connectivity index (χ4v) is 8.77. The minimum Gasteiger partial charge on any atom is -0.465 e. The molecule has 0 fully saturated rings. The molecule has 2 aliphatic rings. The van der Waals surface area contributed by atoms with Crippen molar-refractivity contribution in [2.75, 3.05) is 21.3 Å². The Morgan fingerprint density at radius 2 is 1.07 bits per heavy atom. The van der Waals surface area contributed by atoms with Gasteiger partial charge in [0.1, 0.15) is 11.4 Å². The molecule has 2 aromatic heterocycles. The van der Waals surface area contributed by atoms with E-state index < -0.39 is 12.3 Å². The van der Waals surface area contributed by atoms with Crippen LogP contribution in [0.2, 0.25) is 0 Å². The van der Waals surface area contributed by atoms with Crippen molar-refractivity contribution in [1.29, 1.82) is 0 Å². The molecule has 2 atom stereocenters. The minimum atomic E-state index is -0.743. The maximum atomic E-state index is 12.1. The first-order valence-corrected chi connectivity index (χ1v) is 25.2. The Balaban J connectivity index is 0.000000143. The number of carbonyl (C=O) groups is 3. The Hall–Kier alpha value is -7.70. The first kappa shape index (κ1) is 56.0. The molecule has 76 heavy (non-hydrogen) atoms. The van der Waals surface area contributed by atoms with E-state index in [2.05, 4.69) is 49.4 Å². The highest BCUT2D eigenvalue weighted by atomic mass is 127. The molecule has 388 valence electrons. The summed E-state index contributed by atoms with van der Waals surface area (Å²) >= 11 is 2.10. The van der Waals surface area contributed by atoms with Crippen molar-refractivity contribution < 1.29 is 53.0 Å². The predicted molar refractivity (Wildman–Crippen MR) is 299 cm³/mol. The molecule has 2 unspecified atom stereocenters. The predicted octanol–water partition coefficient (Wildman–Crippen LogP) is 12.5. The van der Waals surface area contributed by atoms with Crippen LogP contribution in [0, 0.1) is 17.4 Å². The van der Waals surface area contributed by atoms with Crippen LogP contribution in [0.3, 0.4) is 0 Å². The summed E-state index contributed by atoms with van der Waals surface area (Å²) in [6.45, 7) is 5.09. The van der Waals surface area contributed by atoms with E-state index in [9.17, 15) is 19.5 Å². The third-order valence-corrected chi connectivity index (χ3v) is 12.8. The molecule has 4 heterocycles. The number of carbonyl (C=O) groups excluding carboxylic acids is 3. The molecule has 2 N–H and O–H groups in total. The molecule has 11 rings (SSSR count). The van der Waals surface area contributed by atoms with Gasteiger partial charge in [0.15, 0.2) is 0 Å². The standard InChI is InChI=1S/C18H13NO3.C16H16O3.C12H11NO2.C8H7IO2.C8H10O/c20-17(12-6-2-1-3-7-12)22-18-16-14(11-21-18)10-13-8-4-5-9-15(13)19-16;1-11-7-12(10-17)9-13(8-11)14-5-3-4-6-15(14)16(18)19-2;1-14-12-11-9(7-15-12)6-8-4-2-3-5-10(8)13-11;1-11-8(10)6-4-2-3-5-7(6)9;1-7-3-2-4-8(5-7)6-9/h1-10,18H,11H2;3-9,17H,10H2,1-2H3;2-6,12H,7H2,1H3;2-5H,1H3;2-5,9H,6H2,1H3. The second-order valence-electron chi connectivity index (χ2n) is 17.3. The highest BCUT2D eigenvalue weighted by Gasteiger charge is 2.29. The fourth-order valence-electron chi connectivity index (χ4n) is 8.17. The van der Waals surface area contributed by atoms with E-state index >= 15 is 0 Å². The van der Waals surface area contributed by atoms with Crippen LogP contribution in [0.4, 0.5) is 0 Å². The van der Waals surface area contributed by atoms with Gasteiger partial charge in [0, 0.05) is 32.6 Å². The van der Waals surface area contributed by atoms with Gasteiger partial charge in [-0.1, -0.05) is 132 Å². The normalized spacial score (nSPS) is 13.6. The molecule has 9 aromatic rings. The number of para-hydroxylation sites is 2. The quantitative estimate of drug-likeness (QED) is 0.0837. The first-order chi connectivity index (χ1) is 36.9. The summed E-state index contributed by atoms with van der Waals surface area (Å²) in [5, 5.41) is 20.1. The van der Waals surface area contributed by atoms with Crippen molar-refractivity contribution >= 4 is 62.3 Å². The van der Waals surface area contributed by atoms with E-state index in [1.165, 1.54) is 19.8 Å². The zero-order chi connectivity index (χ0) is 54.0. The number of esters is 3. The number of hydrogen-bond acceptors (Lipinski definition) is 13. The fraction of sp³-hybridized carbons (Fsp3) is 0.177. The van der Waals surface area contributed by atoms with E-state index in [4.69, 9.17) is 28.8 Å². The summed E-state index contributed by atoms with van der Waals surface area (Å²) in [4.78, 5) is 44.1. The molecule has 13 nitrogen and oxygen atoms in total. The topological polar surface area (TPSA) is 173 Å². The molecule has 0 amide bonds. The number of aryl methyl sites for hydroxylation is 2. The van der Waals surface area contributed by atoms with Gasteiger partial charge in [-0.05, 0) is 119 Å². The number of nitrogens with zero attached hydrogens (tertiary/aromatic N) is 2. The van der Waals surface area contributed by atoms with Gasteiger partial charge in [0.2, 0.25) is 12.6 Å². The zero-order valence-corrected chi connectivity index (χ0v) is 44.8. The van der Waals surface area contributed by atoms with Crippen molar-refractivity contribution in [2.45, 2.75) is 52.9 Å². The van der Waals surface area contributed by atoms with Gasteiger partial charge in [-0.15, -0.1) is 0 Å². The minimum absolute atomic E-state index is 0.0188. The summed E-state index contributed by atoms with van der Waals surface area (Å²) in [7, 11) is 4.39. The highest BCUT2D eigenvalue weighted by Crippen LogP contribution is 2.34. The molecule has 14 heteroatoms. The number of aliphatic hydroxyl groups is 2. The molecule has 0 radical (unpaired) electrons. The molecular weight excluding hydrogens is 1080 g/mol. The average Bonchev–Trinajstić information content (AvgIpc) is 4.06. The summed E-state index contributed by atoms with van der Waals surface area (Å²) in [6.07, 6.45) is -1.04. The van der Waals surface area contributed by atoms with Crippen molar-refractivity contribution in [3.8, 4) is 11.1 Å². The van der Waals surface area contributed by atoms with E-state index in [-0.39, 0.29) is 31.4 Å². The zero-order valence-electron chi connectivity index (χ0n) is 42.6. The van der Waals surface area contributed by atoms with Crippen LogP contribution in [0.1, 0.15) is 88.4 Å². The van der Waals surface area contributed by atoms with Gasteiger partial charge in [0.05, 0.1) is 68.4 Å². The molecular formula is C62H57IN2O11. The second kappa shape index (κ2) is 27.7. The second-order valence-corrected chi connectivity index (χ2v) is 18.4. The molecule has 0 saturated carbocycles. The first-order valence-electron chi connectivity index (χ1n) is 24.1. The van der Waals surface area contributed by atoms with Crippen molar-refractivity contribution in [1.82, 2.24) is 9.97 Å². The van der Waals surface area contributed by atoms with E-state index in [0.29, 0.717) is 35.6 Å². The Morgan fingerprint density at radius 1 is 0.539 bits per heavy atom. The number of rotatable bonds is 8. The number of hydrogen-bond donors (Lipinski definition) is 2. The lowest BCUT2D eigenvalue weighted by Crippen LogP contribution is -2.11. The van der Waals surface area contributed by atoms with Crippen LogP contribution in [0.5, 0.6) is 0 Å². The van der Waals surface area contributed by atoms with Crippen LogP contribution in [0.15, 0.2) is 182 Å². The third kappa shape index (κ3) is 14.8. The lowest BCUT2D eigenvalue weighted by Gasteiger charge is -2.12. The average molecular weight is 1130 g/mol. The van der Waals surface area contributed by atoms with Gasteiger partial charge < -0.3 is 38.6 Å². The maximum absolute atomic E-state index is 12.1. The highest BCUT2D eigenvalue weighted by molar-refractivity contribution is 14.1. The van der Waals surface area contributed by atoms with Crippen LogP contribution in [-0.2, 0) is 54.8 Å². The number of halogens is 1. The number of aromatic nitrogens is 2. The number of methoxy groups -OCH3 is 3. The van der Waals surface area contributed by atoms with Gasteiger partial charge in [0.25, 0.3) is 0 Å². The molecule has 0 spiro atoms. The van der Waals surface area contributed by atoms with Crippen LogP contribution in [-0.4, -0.2) is 59.4 Å². The number of benzene rings is 7. The van der Waals surface area contributed by atoms with Crippen molar-refractivity contribution in [3.05, 3.63) is 247 Å². The van der Waals surface area contributed by atoms with Crippen molar-refractivity contribution in [3.63, 3.8) is 0 Å². The molecule has 2 aliphatic heterocycles. The number of aliphatic hydroxyl groups excluding tert-OH is 2. The summed E-state index contributed by atoms with van der Waals surface area (Å²) < 4.78 is 32.0. The van der Waals surface area contributed by atoms with E-state index in [0.717, 1.165) is 70.0 Å². The van der Waals surface area contributed by atoms with Gasteiger partial charge >= 0.3 is 17.9 Å². The number of ether oxygens (including phenoxy) is 6. The van der Waals surface area contributed by atoms with Gasteiger partial charge in [-0.3, -0.25) is 0 Å². The Labute approximate surface area is 455 Å². The van der Waals surface area contributed by atoms with Crippen LogP contribution < -0.4 is 0 Å². The lowest BCUT2D eigenvalue weighted by atomic mass is 9.96. The van der Waals surface area contributed by atoms with Gasteiger partial charge in [-0.2, -0.15) is 0 Å². The largest absolute Gasteiger partial charge is 0.465 e. The molecule has 0 aliphatic carbocycles. The lowest BCUT2D eigenvalue weighted by molar-refractivity contribution is -0.119. The maximum Gasteiger partial charge on any atom is 0.340 e. The monoisotopic (exact) mass is 1130 g/mol. The van der Waals surface area contributed by atoms with Gasteiger partial charge in [-0.25, -0.2) is 24.4 Å². The Kier molecular flexibility index (Phi) is 20.4. The van der Waals surface area contributed by atoms with E-state index in [1.807, 2.05) is 141 Å². The van der Waals surface area contributed by atoms with Crippen LogP contribution in [0.25, 0.3) is 32.9 Å². The molecule has 0 bridgehead atoms. The summed E-state index contributed by atoms with van der Waals surface area (Å²) in [5.41, 5.74) is 13.0. The Bertz CT molecular complexity index is 3420. The molecule has 0 saturated heterocycles. The molecule has 7 aromatic carbocycles. The van der Waals surface area contributed by atoms with Crippen LogP contribution >= 0.6 is 22.6 Å². The smallest absolute Gasteiger partial charge is 0.340 e. The number of pyridine rings is 2. The number of fused-ring (bicyclic) bond motifs is 4. The summed E-state index contributed by atoms with van der Waals surface area (Å²) in [6, 6.07) is 57.2. The summed E-state index contributed by atoms with van der Waals surface area (Å²) in [5.74, 6) is -1.05. The van der Waals surface area contributed by atoms with Crippen molar-refractivity contribution in [2.24, 2.45) is 0 Å². The SMILES string of the molecule is COC(=O)c1ccccc1-c1cc(C)cc(CO)c1.COC(=O)c1ccccc1I.COC1OCc2cc3ccccc3nc21.Cc1cccc(CO)c1.O=C(OC1OCc2cc3ccccc3nc21)c1ccccc1.